The van der Waals surface area contributed by atoms with Gasteiger partial charge in [0.1, 0.15) is 11.4 Å². The summed E-state index contributed by atoms with van der Waals surface area (Å²) in [4.78, 5) is 37.4. The summed E-state index contributed by atoms with van der Waals surface area (Å²) in [6, 6.07) is 13.8. The number of hydrogen-bond acceptors (Lipinski definition) is 5. The molecule has 0 bridgehead atoms. The Balaban J connectivity index is 1.42. The third-order valence-electron chi connectivity index (χ3n) is 6.11. The van der Waals surface area contributed by atoms with Gasteiger partial charge in [-0.15, -0.1) is 0 Å². The number of esters is 1. The molecule has 0 aromatic heterocycles. The lowest BCUT2D eigenvalue weighted by Crippen LogP contribution is -2.43. The van der Waals surface area contributed by atoms with E-state index < -0.39 is 11.5 Å². The number of benzene rings is 2. The van der Waals surface area contributed by atoms with Gasteiger partial charge in [0, 0.05) is 11.3 Å². The van der Waals surface area contributed by atoms with Crippen LogP contribution in [0.5, 0.6) is 5.75 Å². The van der Waals surface area contributed by atoms with Gasteiger partial charge in [0.05, 0.1) is 25.1 Å². The summed E-state index contributed by atoms with van der Waals surface area (Å²) in [5.74, 6) is -0.693. The van der Waals surface area contributed by atoms with E-state index in [0.717, 1.165) is 32.1 Å². The smallest absolute Gasteiger partial charge is 0.307 e. The molecule has 1 atom stereocenters. The predicted molar refractivity (Wildman–Crippen MR) is 116 cm³/mol. The van der Waals surface area contributed by atoms with Crippen LogP contribution in [0, 0.1) is 5.92 Å². The van der Waals surface area contributed by atoms with Gasteiger partial charge in [-0.2, -0.15) is 0 Å². The molecule has 1 aliphatic carbocycles. The minimum absolute atomic E-state index is 0.116. The highest BCUT2D eigenvalue weighted by Crippen LogP contribution is 2.44. The van der Waals surface area contributed by atoms with Crippen LogP contribution in [0.15, 0.2) is 48.5 Å². The average Bonchev–Trinajstić information content (AvgIpc) is 3.10. The summed E-state index contributed by atoms with van der Waals surface area (Å²) < 4.78 is 10.9. The van der Waals surface area contributed by atoms with Crippen LogP contribution in [0.25, 0.3) is 0 Å². The lowest BCUT2D eigenvalue weighted by atomic mass is 9.75. The molecule has 1 spiro atoms. The number of nitrogens with one attached hydrogen (secondary N) is 2. The Bertz CT molecular complexity index is 980. The van der Waals surface area contributed by atoms with Gasteiger partial charge < -0.3 is 20.1 Å². The fourth-order valence-corrected chi connectivity index (χ4v) is 4.50. The molecule has 7 heteroatoms. The lowest BCUT2D eigenvalue weighted by molar-refractivity contribution is -0.153. The zero-order chi connectivity index (χ0) is 21.8. The number of anilines is 2. The van der Waals surface area contributed by atoms with E-state index >= 15 is 0 Å². The number of amides is 2. The van der Waals surface area contributed by atoms with Gasteiger partial charge in [-0.1, -0.05) is 18.6 Å². The average molecular weight is 422 g/mol. The number of para-hydroxylation sites is 2. The molecule has 0 radical (unpaired) electrons. The van der Waals surface area contributed by atoms with Crippen molar-refractivity contribution in [1.29, 1.82) is 0 Å². The highest BCUT2D eigenvalue weighted by atomic mass is 16.6. The van der Waals surface area contributed by atoms with E-state index in [1.54, 1.807) is 43.5 Å². The number of methoxy groups -OCH3 is 1. The van der Waals surface area contributed by atoms with Crippen molar-refractivity contribution in [2.24, 2.45) is 5.92 Å². The molecule has 7 nitrogen and oxygen atoms in total. The molecule has 0 unspecified atom stereocenters. The second kappa shape index (κ2) is 8.79. The first-order chi connectivity index (χ1) is 15.0. The Kier molecular flexibility index (Phi) is 5.93. The van der Waals surface area contributed by atoms with E-state index in [0.29, 0.717) is 22.7 Å². The summed E-state index contributed by atoms with van der Waals surface area (Å²) in [6.07, 6.45) is 4.62. The van der Waals surface area contributed by atoms with Crippen molar-refractivity contribution >= 4 is 29.2 Å². The molecule has 2 amide bonds. The van der Waals surface area contributed by atoms with Crippen LogP contribution in [0.4, 0.5) is 11.4 Å². The van der Waals surface area contributed by atoms with Gasteiger partial charge in [0.25, 0.3) is 5.91 Å². The van der Waals surface area contributed by atoms with Crippen molar-refractivity contribution in [2.75, 3.05) is 17.7 Å². The first-order valence-electron chi connectivity index (χ1n) is 10.6. The van der Waals surface area contributed by atoms with Gasteiger partial charge in [-0.3, -0.25) is 14.4 Å². The van der Waals surface area contributed by atoms with E-state index in [1.807, 2.05) is 12.1 Å². The summed E-state index contributed by atoms with van der Waals surface area (Å²) in [6.45, 7) is 0. The molecule has 1 heterocycles. The topological polar surface area (TPSA) is 93.7 Å². The fraction of sp³-hybridized carbons (Fsp3) is 0.375. The van der Waals surface area contributed by atoms with Crippen molar-refractivity contribution in [2.45, 2.75) is 44.1 Å². The van der Waals surface area contributed by atoms with E-state index in [1.165, 1.54) is 0 Å². The minimum Gasteiger partial charge on any atom is -0.495 e. The summed E-state index contributed by atoms with van der Waals surface area (Å²) >= 11 is 0. The second-order valence-electron chi connectivity index (χ2n) is 8.08. The van der Waals surface area contributed by atoms with E-state index in [9.17, 15) is 14.4 Å². The van der Waals surface area contributed by atoms with E-state index in [2.05, 4.69) is 10.6 Å². The summed E-state index contributed by atoms with van der Waals surface area (Å²) in [5.41, 5.74) is 0.945. The number of hydrogen-bond donors (Lipinski definition) is 2. The fourth-order valence-electron chi connectivity index (χ4n) is 4.50. The number of carbonyl (C=O) groups excluding carboxylic acids is 3. The molecule has 2 fully saturated rings. The Hall–Kier alpha value is -3.35. The molecule has 1 aliphatic heterocycles. The molecule has 4 rings (SSSR count). The normalized spacial score (nSPS) is 19.5. The van der Waals surface area contributed by atoms with Crippen molar-refractivity contribution in [1.82, 2.24) is 0 Å². The van der Waals surface area contributed by atoms with Crippen molar-refractivity contribution in [3.05, 3.63) is 54.1 Å². The molecule has 2 N–H and O–H groups in total. The zero-order valence-electron chi connectivity index (χ0n) is 17.5. The minimum atomic E-state index is -0.659. The first kappa shape index (κ1) is 20.9. The zero-order valence-corrected chi connectivity index (χ0v) is 17.5. The largest absolute Gasteiger partial charge is 0.495 e. The van der Waals surface area contributed by atoms with Gasteiger partial charge in [0.2, 0.25) is 5.91 Å². The van der Waals surface area contributed by atoms with E-state index in [4.69, 9.17) is 9.47 Å². The molecule has 31 heavy (non-hydrogen) atoms. The number of carbonyl (C=O) groups is 3. The van der Waals surface area contributed by atoms with Gasteiger partial charge in [-0.25, -0.2) is 0 Å². The Morgan fingerprint density at radius 1 is 1.00 bits per heavy atom. The van der Waals surface area contributed by atoms with Crippen LogP contribution >= 0.6 is 0 Å². The quantitative estimate of drug-likeness (QED) is 0.706. The van der Waals surface area contributed by atoms with Gasteiger partial charge in [0.15, 0.2) is 0 Å². The van der Waals surface area contributed by atoms with Crippen molar-refractivity contribution in [3.8, 4) is 5.75 Å². The maximum Gasteiger partial charge on any atom is 0.307 e. The highest BCUT2D eigenvalue weighted by molar-refractivity contribution is 6.05. The molecule has 162 valence electrons. The third-order valence-corrected chi connectivity index (χ3v) is 6.11. The van der Waals surface area contributed by atoms with Crippen LogP contribution in [0.2, 0.25) is 0 Å². The molecular weight excluding hydrogens is 396 g/mol. The molecule has 2 aromatic rings. The molecule has 2 aliphatic rings. The molecular formula is C24H26N2O5. The van der Waals surface area contributed by atoms with Gasteiger partial charge in [-0.05, 0) is 62.1 Å². The van der Waals surface area contributed by atoms with E-state index in [-0.39, 0.29) is 24.2 Å². The Labute approximate surface area is 181 Å². The molecule has 2 aromatic carbocycles. The molecule has 1 saturated carbocycles. The maximum absolute atomic E-state index is 12.9. The first-order valence-corrected chi connectivity index (χ1v) is 10.6. The predicted octanol–water partition coefficient (Wildman–Crippen LogP) is 4.15. The standard InChI is InChI=1S/C24H26N2O5/c1-30-20-8-4-3-7-19(20)26-22(28)16-9-11-17(12-10-16)25-23(29)18-15-21(27)31-24(18)13-5-2-6-14-24/h3-4,7-12,18H,2,5-6,13-15H2,1H3,(H,25,29)(H,26,28)/t18-/m1/s1. The highest BCUT2D eigenvalue weighted by Gasteiger charge is 2.52. The van der Waals surface area contributed by atoms with Gasteiger partial charge >= 0.3 is 5.97 Å². The Morgan fingerprint density at radius 3 is 2.42 bits per heavy atom. The van der Waals surface area contributed by atoms with Crippen molar-refractivity contribution in [3.63, 3.8) is 0 Å². The van der Waals surface area contributed by atoms with Crippen LogP contribution in [0.1, 0.15) is 48.9 Å². The van der Waals surface area contributed by atoms with Crippen molar-refractivity contribution < 1.29 is 23.9 Å². The number of rotatable bonds is 5. The summed E-state index contributed by atoms with van der Waals surface area (Å²) in [7, 11) is 1.54. The number of ether oxygens (including phenoxy) is 2. The Morgan fingerprint density at radius 2 is 1.71 bits per heavy atom. The van der Waals surface area contributed by atoms with Crippen LogP contribution < -0.4 is 15.4 Å². The maximum atomic E-state index is 12.9. The van der Waals surface area contributed by atoms with Crippen LogP contribution in [-0.4, -0.2) is 30.5 Å². The SMILES string of the molecule is COc1ccccc1NC(=O)c1ccc(NC(=O)[C@H]2CC(=O)OC23CCCCC3)cc1. The molecule has 1 saturated heterocycles. The summed E-state index contributed by atoms with van der Waals surface area (Å²) in [5, 5.41) is 5.71. The monoisotopic (exact) mass is 422 g/mol. The third kappa shape index (κ3) is 4.40. The van der Waals surface area contributed by atoms with Crippen LogP contribution in [0.3, 0.4) is 0 Å². The van der Waals surface area contributed by atoms with Crippen LogP contribution in [-0.2, 0) is 14.3 Å². The lowest BCUT2D eigenvalue weighted by Gasteiger charge is -2.36. The second-order valence-corrected chi connectivity index (χ2v) is 8.08.